The molecule has 0 amide bonds. The molecule has 2 aromatic rings. The van der Waals surface area contributed by atoms with E-state index in [1.165, 1.54) is 5.56 Å². The Morgan fingerprint density at radius 1 is 1.17 bits per heavy atom. The fraction of sp³-hybridized carbons (Fsp3) is 0.316. The van der Waals surface area contributed by atoms with E-state index in [0.29, 0.717) is 11.6 Å². The largest absolute Gasteiger partial charge is 0.478 e. The molecule has 1 aliphatic rings. The molecule has 3 rings (SSSR count). The van der Waals surface area contributed by atoms with Gasteiger partial charge in [0.25, 0.3) is 0 Å². The molecule has 5 heteroatoms. The molecule has 0 aliphatic carbocycles. The van der Waals surface area contributed by atoms with Crippen LogP contribution in [0.4, 0.5) is 5.69 Å². The third kappa shape index (κ3) is 4.58. The van der Waals surface area contributed by atoms with E-state index < -0.39 is 5.97 Å². The van der Waals surface area contributed by atoms with Crippen LogP contribution in [0, 0.1) is 0 Å². The number of halogens is 1. The van der Waals surface area contributed by atoms with Crippen molar-refractivity contribution in [1.29, 1.82) is 0 Å². The summed E-state index contributed by atoms with van der Waals surface area (Å²) in [7, 11) is 0. The van der Waals surface area contributed by atoms with Gasteiger partial charge in [-0.05, 0) is 48.7 Å². The number of hydrogen-bond acceptors (Lipinski definition) is 3. The number of carboxylic acids is 1. The van der Waals surface area contributed by atoms with Crippen LogP contribution in [0.5, 0.6) is 0 Å². The molecule has 1 heterocycles. The Kier molecular flexibility index (Phi) is 5.53. The molecule has 0 aromatic heterocycles. The van der Waals surface area contributed by atoms with Crippen LogP contribution in [-0.2, 0) is 6.54 Å². The minimum atomic E-state index is -0.874. The van der Waals surface area contributed by atoms with Crippen molar-refractivity contribution in [3.63, 3.8) is 0 Å². The van der Waals surface area contributed by atoms with E-state index in [2.05, 4.69) is 38.3 Å². The number of carbonyl (C=O) groups is 1. The molecule has 0 atom stereocenters. The zero-order valence-electron chi connectivity index (χ0n) is 13.4. The molecule has 24 heavy (non-hydrogen) atoms. The quantitative estimate of drug-likeness (QED) is 0.804. The highest BCUT2D eigenvalue weighted by molar-refractivity contribution is 9.10. The van der Waals surface area contributed by atoms with Crippen molar-refractivity contribution in [2.24, 2.45) is 0 Å². The Balaban J connectivity index is 1.49. The molecule has 1 saturated heterocycles. The van der Waals surface area contributed by atoms with Crippen molar-refractivity contribution in [2.75, 3.05) is 18.4 Å². The molecular formula is C19H21BrN2O2. The van der Waals surface area contributed by atoms with Gasteiger partial charge in [0.15, 0.2) is 0 Å². The maximum Gasteiger partial charge on any atom is 0.335 e. The average molecular weight is 389 g/mol. The molecule has 126 valence electrons. The van der Waals surface area contributed by atoms with Crippen molar-refractivity contribution in [2.45, 2.75) is 25.4 Å². The Labute approximate surface area is 150 Å². The minimum Gasteiger partial charge on any atom is -0.478 e. The van der Waals surface area contributed by atoms with E-state index in [9.17, 15) is 4.79 Å². The lowest BCUT2D eigenvalue weighted by Gasteiger charge is -2.33. The van der Waals surface area contributed by atoms with Gasteiger partial charge in [0.05, 0.1) is 5.56 Å². The van der Waals surface area contributed by atoms with E-state index in [1.807, 2.05) is 24.3 Å². The second kappa shape index (κ2) is 7.81. The first-order valence-electron chi connectivity index (χ1n) is 8.17. The first-order chi connectivity index (χ1) is 11.6. The zero-order chi connectivity index (χ0) is 16.9. The lowest BCUT2D eigenvalue weighted by atomic mass is 10.0. The van der Waals surface area contributed by atoms with Crippen LogP contribution in [0.2, 0.25) is 0 Å². The van der Waals surface area contributed by atoms with E-state index in [-0.39, 0.29) is 0 Å². The summed E-state index contributed by atoms with van der Waals surface area (Å²) < 4.78 is 1.09. The molecule has 0 radical (unpaired) electrons. The average Bonchev–Trinajstić information content (AvgIpc) is 2.57. The van der Waals surface area contributed by atoms with E-state index >= 15 is 0 Å². The van der Waals surface area contributed by atoms with Crippen molar-refractivity contribution in [1.82, 2.24) is 4.90 Å². The summed E-state index contributed by atoms with van der Waals surface area (Å²) in [6.45, 7) is 2.97. The molecule has 1 fully saturated rings. The molecule has 4 nitrogen and oxygen atoms in total. The number of piperidine rings is 1. The normalized spacial score (nSPS) is 16.0. The number of benzene rings is 2. The Bertz CT molecular complexity index is 695. The summed E-state index contributed by atoms with van der Waals surface area (Å²) in [5, 5.41) is 12.5. The number of nitrogens with one attached hydrogen (secondary N) is 1. The van der Waals surface area contributed by atoms with Gasteiger partial charge in [0, 0.05) is 35.8 Å². The van der Waals surface area contributed by atoms with Gasteiger partial charge in [-0.2, -0.15) is 0 Å². The summed E-state index contributed by atoms with van der Waals surface area (Å²) in [5.74, 6) is -0.874. The highest BCUT2D eigenvalue weighted by atomic mass is 79.9. The second-order valence-electron chi connectivity index (χ2n) is 6.21. The third-order valence-electron chi connectivity index (χ3n) is 4.39. The summed E-state index contributed by atoms with van der Waals surface area (Å²) >= 11 is 3.50. The SMILES string of the molecule is O=C(O)c1ccc(CN2CCC(Nc3cccc(Br)c3)CC2)cc1. The van der Waals surface area contributed by atoms with Crippen molar-refractivity contribution in [3.05, 3.63) is 64.1 Å². The van der Waals surface area contributed by atoms with Crippen LogP contribution in [-0.4, -0.2) is 35.1 Å². The number of aromatic carboxylic acids is 1. The molecule has 2 N–H and O–H groups in total. The second-order valence-corrected chi connectivity index (χ2v) is 7.12. The number of likely N-dealkylation sites (tertiary alicyclic amines) is 1. The van der Waals surface area contributed by atoms with Gasteiger partial charge in [-0.25, -0.2) is 4.79 Å². The Hall–Kier alpha value is -1.85. The van der Waals surface area contributed by atoms with Crippen LogP contribution >= 0.6 is 15.9 Å². The number of nitrogens with zero attached hydrogens (tertiary/aromatic N) is 1. The summed E-state index contributed by atoms with van der Waals surface area (Å²) in [4.78, 5) is 13.3. The topological polar surface area (TPSA) is 52.6 Å². The molecule has 0 unspecified atom stereocenters. The van der Waals surface area contributed by atoms with Gasteiger partial charge in [-0.1, -0.05) is 34.1 Å². The van der Waals surface area contributed by atoms with Crippen LogP contribution in [0.1, 0.15) is 28.8 Å². The summed E-state index contributed by atoms with van der Waals surface area (Å²) in [6.07, 6.45) is 2.22. The van der Waals surface area contributed by atoms with Crippen LogP contribution in [0.3, 0.4) is 0 Å². The molecular weight excluding hydrogens is 368 g/mol. The van der Waals surface area contributed by atoms with Crippen molar-refractivity contribution < 1.29 is 9.90 Å². The Morgan fingerprint density at radius 2 is 1.88 bits per heavy atom. The number of anilines is 1. The van der Waals surface area contributed by atoms with E-state index in [0.717, 1.165) is 42.6 Å². The highest BCUT2D eigenvalue weighted by Gasteiger charge is 2.19. The number of carboxylic acid groups (broad SMARTS) is 1. The molecule has 0 bridgehead atoms. The highest BCUT2D eigenvalue weighted by Crippen LogP contribution is 2.21. The lowest BCUT2D eigenvalue weighted by molar-refractivity contribution is 0.0697. The zero-order valence-corrected chi connectivity index (χ0v) is 15.0. The summed E-state index contributed by atoms with van der Waals surface area (Å²) in [6, 6.07) is 16.0. The van der Waals surface area contributed by atoms with Gasteiger partial charge >= 0.3 is 5.97 Å². The van der Waals surface area contributed by atoms with Crippen molar-refractivity contribution >= 4 is 27.6 Å². The van der Waals surface area contributed by atoms with Crippen LogP contribution in [0.15, 0.2) is 53.0 Å². The Morgan fingerprint density at radius 3 is 2.50 bits per heavy atom. The van der Waals surface area contributed by atoms with Gasteiger partial charge in [-0.15, -0.1) is 0 Å². The van der Waals surface area contributed by atoms with Gasteiger partial charge in [0.1, 0.15) is 0 Å². The fourth-order valence-electron chi connectivity index (χ4n) is 3.06. The van der Waals surface area contributed by atoms with E-state index in [1.54, 1.807) is 12.1 Å². The maximum absolute atomic E-state index is 10.9. The predicted octanol–water partition coefficient (Wildman–Crippen LogP) is 4.22. The molecule has 0 spiro atoms. The number of hydrogen-bond donors (Lipinski definition) is 2. The third-order valence-corrected chi connectivity index (χ3v) is 4.88. The molecule has 0 saturated carbocycles. The summed E-state index contributed by atoms with van der Waals surface area (Å²) in [5.41, 5.74) is 2.67. The lowest BCUT2D eigenvalue weighted by Crippen LogP contribution is -2.38. The molecule has 2 aromatic carbocycles. The van der Waals surface area contributed by atoms with Gasteiger partial charge < -0.3 is 10.4 Å². The smallest absolute Gasteiger partial charge is 0.335 e. The van der Waals surface area contributed by atoms with Crippen LogP contribution in [0.25, 0.3) is 0 Å². The van der Waals surface area contributed by atoms with Crippen LogP contribution < -0.4 is 5.32 Å². The number of rotatable bonds is 5. The standard InChI is InChI=1S/C19H21BrN2O2/c20-16-2-1-3-18(12-16)21-17-8-10-22(11-9-17)13-14-4-6-15(7-5-14)19(23)24/h1-7,12,17,21H,8-11,13H2,(H,23,24). The monoisotopic (exact) mass is 388 g/mol. The van der Waals surface area contributed by atoms with Crippen molar-refractivity contribution in [3.8, 4) is 0 Å². The fourth-order valence-corrected chi connectivity index (χ4v) is 3.46. The van der Waals surface area contributed by atoms with Gasteiger partial charge in [0.2, 0.25) is 0 Å². The molecule has 1 aliphatic heterocycles. The maximum atomic E-state index is 10.9. The minimum absolute atomic E-state index is 0.343. The van der Waals surface area contributed by atoms with E-state index in [4.69, 9.17) is 5.11 Å². The predicted molar refractivity (Wildman–Crippen MR) is 99.5 cm³/mol. The van der Waals surface area contributed by atoms with Gasteiger partial charge in [-0.3, -0.25) is 4.90 Å². The first-order valence-corrected chi connectivity index (χ1v) is 8.96. The first kappa shape index (κ1) is 17.0.